The molecule has 1 saturated heterocycles. The third-order valence-electron chi connectivity index (χ3n) is 4.08. The van der Waals surface area contributed by atoms with Gasteiger partial charge in [0.05, 0.1) is 24.3 Å². The molecule has 0 bridgehead atoms. The number of benzene rings is 1. The number of β-amino-alcohol motifs (C(OH)–C–C–N with tert-alkyl or cyclic N) is 1. The van der Waals surface area contributed by atoms with Crippen LogP contribution in [0.3, 0.4) is 0 Å². The Labute approximate surface area is 135 Å². The van der Waals surface area contributed by atoms with Crippen LogP contribution in [0.15, 0.2) is 40.8 Å². The second-order valence-electron chi connectivity index (χ2n) is 5.82. The molecule has 3 rings (SSSR count). The van der Waals surface area contributed by atoms with E-state index in [1.807, 2.05) is 19.1 Å². The van der Waals surface area contributed by atoms with Crippen molar-refractivity contribution in [2.45, 2.75) is 19.1 Å². The average molecular weight is 312 g/mol. The minimum absolute atomic E-state index is 0.0920. The molecule has 1 aliphatic rings. The first kappa shape index (κ1) is 15.8. The lowest BCUT2D eigenvalue weighted by Crippen LogP contribution is -2.40. The van der Waals surface area contributed by atoms with Crippen molar-refractivity contribution in [2.75, 3.05) is 26.2 Å². The van der Waals surface area contributed by atoms with Crippen LogP contribution in [0.25, 0.3) is 0 Å². The molecule has 1 aromatic carbocycles. The Hall–Kier alpha value is -2.13. The Morgan fingerprint density at radius 2 is 2.09 bits per heavy atom. The predicted molar refractivity (Wildman–Crippen MR) is 84.7 cm³/mol. The monoisotopic (exact) mass is 312 g/mol. The van der Waals surface area contributed by atoms with E-state index in [9.17, 15) is 5.11 Å². The lowest BCUT2D eigenvalue weighted by Gasteiger charge is -2.33. The summed E-state index contributed by atoms with van der Waals surface area (Å²) in [5.74, 6) is 1.71. The first-order valence-electron chi connectivity index (χ1n) is 7.74. The van der Waals surface area contributed by atoms with Gasteiger partial charge in [0.15, 0.2) is 0 Å². The van der Waals surface area contributed by atoms with Gasteiger partial charge in [0.2, 0.25) is 0 Å². The first-order valence-corrected chi connectivity index (χ1v) is 7.74. The van der Waals surface area contributed by atoms with Crippen molar-refractivity contribution in [3.05, 3.63) is 59.0 Å². The van der Waals surface area contributed by atoms with Crippen molar-refractivity contribution in [2.24, 2.45) is 0 Å². The standard InChI is InChI=1S/C18H20N2O3/c1-13-2-7-17(23-13)18-12-20(8-9-22-18)11-16(21)15-5-3-14(10-19)4-6-15/h2-7,16,18,21H,8-9,11-12H2,1H3. The molecule has 0 saturated carbocycles. The summed E-state index contributed by atoms with van der Waals surface area (Å²) in [6, 6.07) is 13.0. The molecule has 1 N–H and O–H groups in total. The molecule has 2 atom stereocenters. The molecule has 2 unspecified atom stereocenters. The second-order valence-corrected chi connectivity index (χ2v) is 5.82. The molecule has 1 fully saturated rings. The zero-order valence-electron chi connectivity index (χ0n) is 13.1. The van der Waals surface area contributed by atoms with E-state index in [4.69, 9.17) is 14.4 Å². The first-order chi connectivity index (χ1) is 11.2. The smallest absolute Gasteiger partial charge is 0.134 e. The highest BCUT2D eigenvalue weighted by molar-refractivity contribution is 5.32. The minimum Gasteiger partial charge on any atom is -0.464 e. The summed E-state index contributed by atoms with van der Waals surface area (Å²) in [5, 5.41) is 19.2. The lowest BCUT2D eigenvalue weighted by molar-refractivity contribution is -0.0513. The molecule has 23 heavy (non-hydrogen) atoms. The molecule has 2 heterocycles. The molecular formula is C18H20N2O3. The molecule has 0 aliphatic carbocycles. The van der Waals surface area contributed by atoms with Crippen LogP contribution in [-0.4, -0.2) is 36.2 Å². The highest BCUT2D eigenvalue weighted by Crippen LogP contribution is 2.25. The Kier molecular flexibility index (Phi) is 4.77. The molecule has 120 valence electrons. The zero-order chi connectivity index (χ0) is 16.2. The highest BCUT2D eigenvalue weighted by atomic mass is 16.5. The van der Waals surface area contributed by atoms with Gasteiger partial charge < -0.3 is 14.3 Å². The summed E-state index contributed by atoms with van der Waals surface area (Å²) in [4.78, 5) is 2.18. The van der Waals surface area contributed by atoms with Gasteiger partial charge in [-0.25, -0.2) is 0 Å². The number of nitriles is 1. The summed E-state index contributed by atoms with van der Waals surface area (Å²) in [7, 11) is 0. The number of aryl methyl sites for hydroxylation is 1. The minimum atomic E-state index is -0.583. The summed E-state index contributed by atoms with van der Waals surface area (Å²) in [6.07, 6.45) is -0.676. The average Bonchev–Trinajstić information content (AvgIpc) is 3.02. The van der Waals surface area contributed by atoms with Gasteiger partial charge in [-0.3, -0.25) is 4.90 Å². The predicted octanol–water partition coefficient (Wildman–Crippen LogP) is 2.57. The fraction of sp³-hybridized carbons (Fsp3) is 0.389. The quantitative estimate of drug-likeness (QED) is 0.939. The van der Waals surface area contributed by atoms with E-state index in [2.05, 4.69) is 11.0 Å². The van der Waals surface area contributed by atoms with E-state index in [0.717, 1.165) is 23.6 Å². The van der Waals surface area contributed by atoms with Crippen molar-refractivity contribution < 1.29 is 14.3 Å². The van der Waals surface area contributed by atoms with Crippen molar-refractivity contribution >= 4 is 0 Å². The van der Waals surface area contributed by atoms with E-state index < -0.39 is 6.10 Å². The van der Waals surface area contributed by atoms with Gasteiger partial charge in [-0.05, 0) is 36.8 Å². The Morgan fingerprint density at radius 1 is 1.30 bits per heavy atom. The van der Waals surface area contributed by atoms with Gasteiger partial charge in [-0.1, -0.05) is 12.1 Å². The molecule has 0 spiro atoms. The van der Waals surface area contributed by atoms with Crippen molar-refractivity contribution in [1.29, 1.82) is 5.26 Å². The summed E-state index contributed by atoms with van der Waals surface area (Å²) in [6.45, 7) is 4.54. The van der Waals surface area contributed by atoms with E-state index in [-0.39, 0.29) is 6.10 Å². The van der Waals surface area contributed by atoms with Crippen molar-refractivity contribution in [3.63, 3.8) is 0 Å². The number of hydrogen-bond acceptors (Lipinski definition) is 5. The van der Waals surface area contributed by atoms with Crippen LogP contribution in [0, 0.1) is 18.3 Å². The van der Waals surface area contributed by atoms with Gasteiger partial charge in [0.1, 0.15) is 17.6 Å². The Bertz CT molecular complexity index is 687. The van der Waals surface area contributed by atoms with Gasteiger partial charge >= 0.3 is 0 Å². The number of nitrogens with zero attached hydrogens (tertiary/aromatic N) is 2. The fourth-order valence-corrected chi connectivity index (χ4v) is 2.80. The SMILES string of the molecule is Cc1ccc(C2CN(CC(O)c3ccc(C#N)cc3)CCO2)o1. The van der Waals surface area contributed by atoms with Gasteiger partial charge in [-0.15, -0.1) is 0 Å². The maximum absolute atomic E-state index is 10.4. The molecule has 1 aliphatic heterocycles. The molecule has 0 radical (unpaired) electrons. The molecule has 5 nitrogen and oxygen atoms in total. The Morgan fingerprint density at radius 3 is 2.74 bits per heavy atom. The van der Waals surface area contributed by atoms with E-state index in [0.29, 0.717) is 25.3 Å². The van der Waals surface area contributed by atoms with Crippen LogP contribution in [0.5, 0.6) is 0 Å². The van der Waals surface area contributed by atoms with Crippen LogP contribution in [0.2, 0.25) is 0 Å². The lowest BCUT2D eigenvalue weighted by atomic mass is 10.1. The largest absolute Gasteiger partial charge is 0.464 e. The van der Waals surface area contributed by atoms with Gasteiger partial charge in [-0.2, -0.15) is 5.26 Å². The van der Waals surface area contributed by atoms with Gasteiger partial charge in [0.25, 0.3) is 0 Å². The van der Waals surface area contributed by atoms with Crippen LogP contribution >= 0.6 is 0 Å². The highest BCUT2D eigenvalue weighted by Gasteiger charge is 2.26. The number of rotatable bonds is 4. The third-order valence-corrected chi connectivity index (χ3v) is 4.08. The summed E-state index contributed by atoms with van der Waals surface area (Å²) in [5.41, 5.74) is 1.42. The zero-order valence-corrected chi connectivity index (χ0v) is 13.1. The normalized spacial score (nSPS) is 20.1. The number of hydrogen-bond donors (Lipinski definition) is 1. The molecule has 0 amide bonds. The number of ether oxygens (including phenoxy) is 1. The fourth-order valence-electron chi connectivity index (χ4n) is 2.80. The summed E-state index contributed by atoms with van der Waals surface area (Å²) >= 11 is 0. The number of furan rings is 1. The van der Waals surface area contributed by atoms with Crippen LogP contribution in [0.4, 0.5) is 0 Å². The maximum Gasteiger partial charge on any atom is 0.134 e. The van der Waals surface area contributed by atoms with Crippen LogP contribution in [0.1, 0.15) is 34.9 Å². The van der Waals surface area contributed by atoms with Crippen LogP contribution in [-0.2, 0) is 4.74 Å². The molecule has 5 heteroatoms. The number of morpholine rings is 1. The Balaban J connectivity index is 1.61. The third kappa shape index (κ3) is 3.80. The second kappa shape index (κ2) is 6.97. The molecular weight excluding hydrogens is 292 g/mol. The summed E-state index contributed by atoms with van der Waals surface area (Å²) < 4.78 is 11.4. The number of aliphatic hydroxyl groups excluding tert-OH is 1. The van der Waals surface area contributed by atoms with Crippen LogP contribution < -0.4 is 0 Å². The van der Waals surface area contributed by atoms with Gasteiger partial charge in [0, 0.05) is 19.6 Å². The van der Waals surface area contributed by atoms with E-state index in [1.54, 1.807) is 24.3 Å². The maximum atomic E-state index is 10.4. The van der Waals surface area contributed by atoms with E-state index in [1.165, 1.54) is 0 Å². The van der Waals surface area contributed by atoms with Crippen molar-refractivity contribution in [3.8, 4) is 6.07 Å². The van der Waals surface area contributed by atoms with E-state index >= 15 is 0 Å². The molecule has 2 aromatic rings. The van der Waals surface area contributed by atoms with Crippen molar-refractivity contribution in [1.82, 2.24) is 4.90 Å². The topological polar surface area (TPSA) is 69.6 Å². The number of aliphatic hydroxyl groups is 1. The molecule has 1 aromatic heterocycles.